The highest BCUT2D eigenvalue weighted by Gasteiger charge is 2.24. The molecule has 0 atom stereocenters. The Bertz CT molecular complexity index is 995. The number of amides is 1. The Morgan fingerprint density at radius 3 is 2.82 bits per heavy atom. The van der Waals surface area contributed by atoms with Crippen molar-refractivity contribution in [2.45, 2.75) is 44.4 Å². The zero-order chi connectivity index (χ0) is 19.5. The molecule has 0 aliphatic heterocycles. The molecular formula is C22H25N3O2S. The van der Waals surface area contributed by atoms with E-state index < -0.39 is 0 Å². The quantitative estimate of drug-likeness (QED) is 0.461. The highest BCUT2D eigenvalue weighted by Crippen LogP contribution is 2.25. The molecule has 0 spiro atoms. The molecule has 0 bridgehead atoms. The van der Waals surface area contributed by atoms with E-state index in [1.807, 2.05) is 34.9 Å². The summed E-state index contributed by atoms with van der Waals surface area (Å²) in [5, 5.41) is 3.92. The average Bonchev–Trinajstić information content (AvgIpc) is 3.43. The summed E-state index contributed by atoms with van der Waals surface area (Å²) in [6.07, 6.45) is 2.18. The molecule has 28 heavy (non-hydrogen) atoms. The Labute approximate surface area is 169 Å². The van der Waals surface area contributed by atoms with Crippen molar-refractivity contribution in [2.24, 2.45) is 0 Å². The predicted octanol–water partition coefficient (Wildman–Crippen LogP) is 4.10. The molecule has 146 valence electrons. The number of aromatic nitrogens is 2. The van der Waals surface area contributed by atoms with Crippen LogP contribution >= 0.6 is 11.8 Å². The van der Waals surface area contributed by atoms with Gasteiger partial charge in [-0.25, -0.2) is 4.98 Å². The van der Waals surface area contributed by atoms with Gasteiger partial charge in [0, 0.05) is 11.8 Å². The fourth-order valence-electron chi connectivity index (χ4n) is 3.06. The lowest BCUT2D eigenvalue weighted by Gasteiger charge is -2.10. The van der Waals surface area contributed by atoms with Gasteiger partial charge >= 0.3 is 0 Å². The fourth-order valence-corrected chi connectivity index (χ4v) is 3.89. The minimum absolute atomic E-state index is 0.0545. The second kappa shape index (κ2) is 8.27. The van der Waals surface area contributed by atoms with Crippen LogP contribution in [0.15, 0.2) is 47.6 Å². The van der Waals surface area contributed by atoms with Gasteiger partial charge in [-0.15, -0.1) is 0 Å². The summed E-state index contributed by atoms with van der Waals surface area (Å²) in [6.45, 7) is 5.08. The van der Waals surface area contributed by atoms with E-state index >= 15 is 0 Å². The number of aryl methyl sites for hydroxylation is 2. The normalized spacial score (nSPS) is 13.6. The average molecular weight is 396 g/mol. The zero-order valence-corrected chi connectivity index (χ0v) is 17.1. The van der Waals surface area contributed by atoms with Gasteiger partial charge in [0.25, 0.3) is 0 Å². The van der Waals surface area contributed by atoms with E-state index in [2.05, 4.69) is 31.3 Å². The van der Waals surface area contributed by atoms with E-state index in [-0.39, 0.29) is 5.91 Å². The van der Waals surface area contributed by atoms with Crippen molar-refractivity contribution < 1.29 is 9.53 Å². The molecule has 5 nitrogen and oxygen atoms in total. The monoisotopic (exact) mass is 395 g/mol. The number of para-hydroxylation sites is 2. The maximum Gasteiger partial charge on any atom is 0.240 e. The van der Waals surface area contributed by atoms with Gasteiger partial charge in [0.1, 0.15) is 12.3 Å². The van der Waals surface area contributed by atoms with E-state index in [9.17, 15) is 4.79 Å². The molecule has 0 radical (unpaired) electrons. The summed E-state index contributed by atoms with van der Waals surface area (Å²) in [6, 6.07) is 14.5. The first-order valence-electron chi connectivity index (χ1n) is 9.67. The molecule has 1 fully saturated rings. The molecule has 1 aromatic heterocycles. The second-order valence-corrected chi connectivity index (χ2v) is 8.32. The number of ether oxygens (including phenoxy) is 1. The summed E-state index contributed by atoms with van der Waals surface area (Å²) < 4.78 is 7.89. The molecule has 1 saturated carbocycles. The van der Waals surface area contributed by atoms with E-state index in [1.165, 1.54) is 11.1 Å². The molecule has 1 N–H and O–H groups in total. The first kappa shape index (κ1) is 18.9. The van der Waals surface area contributed by atoms with Gasteiger partial charge in [0.05, 0.1) is 17.6 Å². The number of fused-ring (bicyclic) bond motifs is 1. The van der Waals surface area contributed by atoms with Gasteiger partial charge in [-0.05, 0) is 62.1 Å². The minimum Gasteiger partial charge on any atom is -0.493 e. The molecule has 1 heterocycles. The smallest absolute Gasteiger partial charge is 0.240 e. The summed E-state index contributed by atoms with van der Waals surface area (Å²) in [5.41, 5.74) is 4.40. The van der Waals surface area contributed by atoms with Gasteiger partial charge in [-0.2, -0.15) is 0 Å². The number of hydrogen-bond donors (Lipinski definition) is 1. The largest absolute Gasteiger partial charge is 0.493 e. The number of benzene rings is 2. The molecule has 2 aromatic carbocycles. The molecule has 1 aliphatic carbocycles. The van der Waals surface area contributed by atoms with Crippen molar-refractivity contribution in [2.75, 3.05) is 12.4 Å². The van der Waals surface area contributed by atoms with Crippen LogP contribution in [0, 0.1) is 13.8 Å². The summed E-state index contributed by atoms with van der Waals surface area (Å²) >= 11 is 1.62. The molecular weight excluding hydrogens is 370 g/mol. The lowest BCUT2D eigenvalue weighted by Crippen LogP contribution is -2.29. The topological polar surface area (TPSA) is 56.2 Å². The minimum atomic E-state index is 0.0545. The molecule has 0 saturated heterocycles. The van der Waals surface area contributed by atoms with Crippen LogP contribution in [0.3, 0.4) is 0 Å². The summed E-state index contributed by atoms with van der Waals surface area (Å²) in [5.74, 6) is 1.71. The fraction of sp³-hybridized carbons (Fsp3) is 0.364. The Morgan fingerprint density at radius 2 is 2.04 bits per heavy atom. The van der Waals surface area contributed by atoms with Crippen molar-refractivity contribution in [3.05, 3.63) is 53.6 Å². The number of rotatable bonds is 8. The molecule has 3 aromatic rings. The number of nitrogens with one attached hydrogen (secondary N) is 1. The lowest BCUT2D eigenvalue weighted by molar-refractivity contribution is -0.121. The Hall–Kier alpha value is -2.47. The van der Waals surface area contributed by atoms with Crippen LogP contribution < -0.4 is 10.1 Å². The second-order valence-electron chi connectivity index (χ2n) is 7.25. The molecule has 1 amide bonds. The number of nitrogens with zero attached hydrogens (tertiary/aromatic N) is 2. The van der Waals surface area contributed by atoms with Gasteiger partial charge in [-0.3, -0.25) is 4.79 Å². The lowest BCUT2D eigenvalue weighted by atomic mass is 10.1. The number of thioether (sulfide) groups is 1. The number of carbonyl (C=O) groups excluding carboxylic acids is 1. The summed E-state index contributed by atoms with van der Waals surface area (Å²) in [7, 11) is 0. The Morgan fingerprint density at radius 1 is 1.21 bits per heavy atom. The molecule has 6 heteroatoms. The first-order chi connectivity index (χ1) is 13.6. The standard InChI is InChI=1S/C22H25N3O2S/c1-15-7-10-18(13-16(15)2)27-11-12-28-22-24-19-5-3-4-6-20(19)25(22)14-21(26)23-17-8-9-17/h3-7,10,13,17H,8-9,11-12,14H2,1-2H3,(H,23,26). The van der Waals surface area contributed by atoms with Crippen LogP contribution in [0.2, 0.25) is 0 Å². The number of carbonyl (C=O) groups is 1. The maximum atomic E-state index is 12.3. The first-order valence-corrected chi connectivity index (χ1v) is 10.7. The van der Waals surface area contributed by atoms with Crippen molar-refractivity contribution in [3.8, 4) is 5.75 Å². The van der Waals surface area contributed by atoms with Gasteiger partial charge in [0.15, 0.2) is 5.16 Å². The van der Waals surface area contributed by atoms with Crippen molar-refractivity contribution in [1.82, 2.24) is 14.9 Å². The van der Waals surface area contributed by atoms with Crippen LogP contribution in [0.1, 0.15) is 24.0 Å². The summed E-state index contributed by atoms with van der Waals surface area (Å²) in [4.78, 5) is 17.1. The Balaban J connectivity index is 1.41. The van der Waals surface area contributed by atoms with Crippen LogP contribution in [0.5, 0.6) is 5.75 Å². The van der Waals surface area contributed by atoms with Gasteiger partial charge in [-0.1, -0.05) is 30.0 Å². The van der Waals surface area contributed by atoms with Crippen molar-refractivity contribution >= 4 is 28.7 Å². The van der Waals surface area contributed by atoms with E-state index in [0.717, 1.165) is 40.5 Å². The predicted molar refractivity (Wildman–Crippen MR) is 113 cm³/mol. The zero-order valence-electron chi connectivity index (χ0n) is 16.3. The van der Waals surface area contributed by atoms with Gasteiger partial charge in [0.2, 0.25) is 5.91 Å². The maximum absolute atomic E-state index is 12.3. The van der Waals surface area contributed by atoms with Crippen LogP contribution in [-0.2, 0) is 11.3 Å². The molecule has 1 aliphatic rings. The highest BCUT2D eigenvalue weighted by atomic mass is 32.2. The molecule has 0 unspecified atom stereocenters. The van der Waals surface area contributed by atoms with Crippen molar-refractivity contribution in [1.29, 1.82) is 0 Å². The highest BCUT2D eigenvalue weighted by molar-refractivity contribution is 7.99. The van der Waals surface area contributed by atoms with Crippen molar-refractivity contribution in [3.63, 3.8) is 0 Å². The molecule has 4 rings (SSSR count). The SMILES string of the molecule is Cc1ccc(OCCSc2nc3ccccc3n2CC(=O)NC2CC2)cc1C. The number of imidazole rings is 1. The third kappa shape index (κ3) is 4.50. The van der Waals surface area contributed by atoms with Crippen LogP contribution in [0.4, 0.5) is 0 Å². The van der Waals surface area contributed by atoms with Crippen LogP contribution in [0.25, 0.3) is 11.0 Å². The van der Waals surface area contributed by atoms with Crippen LogP contribution in [-0.4, -0.2) is 33.9 Å². The number of hydrogen-bond acceptors (Lipinski definition) is 4. The van der Waals surface area contributed by atoms with E-state index in [4.69, 9.17) is 9.72 Å². The van der Waals surface area contributed by atoms with E-state index in [1.54, 1.807) is 11.8 Å². The third-order valence-corrected chi connectivity index (χ3v) is 5.87. The van der Waals surface area contributed by atoms with Gasteiger partial charge < -0.3 is 14.6 Å². The third-order valence-electron chi connectivity index (χ3n) is 4.93. The van der Waals surface area contributed by atoms with E-state index in [0.29, 0.717) is 19.2 Å². The Kier molecular flexibility index (Phi) is 5.57.